The lowest BCUT2D eigenvalue weighted by molar-refractivity contribution is -0.121. The van der Waals surface area contributed by atoms with Crippen LogP contribution in [0.25, 0.3) is 0 Å². The van der Waals surface area contributed by atoms with E-state index < -0.39 is 0 Å². The van der Waals surface area contributed by atoms with Gasteiger partial charge in [0.05, 0.1) is 24.6 Å². The number of rotatable bonds is 7. The molecule has 1 aliphatic rings. The van der Waals surface area contributed by atoms with Gasteiger partial charge in [-0.1, -0.05) is 12.1 Å². The van der Waals surface area contributed by atoms with Crippen LogP contribution in [-0.4, -0.2) is 43.7 Å². The molecule has 132 valence electrons. The normalized spacial score (nSPS) is 14.2. The summed E-state index contributed by atoms with van der Waals surface area (Å²) in [5.74, 6) is 0.0353. The van der Waals surface area contributed by atoms with Gasteiger partial charge < -0.3 is 20.3 Å². The first-order valence-electron chi connectivity index (χ1n) is 8.64. The molecule has 2 aromatic rings. The Bertz CT molecular complexity index is 672. The van der Waals surface area contributed by atoms with E-state index in [0.717, 1.165) is 37.6 Å². The van der Waals surface area contributed by atoms with Gasteiger partial charge in [0.2, 0.25) is 5.91 Å². The number of carbonyl (C=O) groups is 1. The molecule has 1 saturated heterocycles. The fraction of sp³-hybridized carbons (Fsp3) is 0.368. The second-order valence-electron chi connectivity index (χ2n) is 5.93. The summed E-state index contributed by atoms with van der Waals surface area (Å²) in [7, 11) is 0. The predicted molar refractivity (Wildman–Crippen MR) is 98.7 cm³/mol. The molecule has 3 rings (SSSR count). The van der Waals surface area contributed by atoms with Crippen LogP contribution in [0.4, 0.5) is 11.4 Å². The molecule has 0 bridgehead atoms. The Labute approximate surface area is 148 Å². The van der Waals surface area contributed by atoms with Gasteiger partial charge in [-0.05, 0) is 29.8 Å². The molecule has 2 heterocycles. The first kappa shape index (κ1) is 17.2. The lowest BCUT2D eigenvalue weighted by atomic mass is 10.2. The van der Waals surface area contributed by atoms with Crippen molar-refractivity contribution in [3.63, 3.8) is 0 Å². The van der Waals surface area contributed by atoms with Crippen molar-refractivity contribution in [3.8, 4) is 0 Å². The Morgan fingerprint density at radius 2 is 1.88 bits per heavy atom. The zero-order valence-electron chi connectivity index (χ0n) is 14.3. The number of nitrogens with zero attached hydrogens (tertiary/aromatic N) is 2. The van der Waals surface area contributed by atoms with E-state index in [0.29, 0.717) is 19.5 Å². The van der Waals surface area contributed by atoms with Crippen LogP contribution in [-0.2, 0) is 16.1 Å². The average molecular weight is 340 g/mol. The van der Waals surface area contributed by atoms with Gasteiger partial charge in [0, 0.05) is 45.0 Å². The van der Waals surface area contributed by atoms with Crippen molar-refractivity contribution >= 4 is 17.3 Å². The van der Waals surface area contributed by atoms with Crippen molar-refractivity contribution in [1.82, 2.24) is 10.3 Å². The number of ether oxygens (including phenoxy) is 1. The molecule has 25 heavy (non-hydrogen) atoms. The Morgan fingerprint density at radius 1 is 1.12 bits per heavy atom. The van der Waals surface area contributed by atoms with Gasteiger partial charge in [0.1, 0.15) is 0 Å². The number of aromatic nitrogens is 1. The van der Waals surface area contributed by atoms with E-state index in [-0.39, 0.29) is 5.91 Å². The highest BCUT2D eigenvalue weighted by Crippen LogP contribution is 2.26. The quantitative estimate of drug-likeness (QED) is 0.807. The number of para-hydroxylation sites is 2. The third kappa shape index (κ3) is 5.19. The summed E-state index contributed by atoms with van der Waals surface area (Å²) in [6.45, 7) is 4.43. The first-order chi connectivity index (χ1) is 12.3. The summed E-state index contributed by atoms with van der Waals surface area (Å²) in [5.41, 5.74) is 3.28. The largest absolute Gasteiger partial charge is 0.383 e. The summed E-state index contributed by atoms with van der Waals surface area (Å²) < 4.78 is 5.42. The van der Waals surface area contributed by atoms with Crippen LogP contribution >= 0.6 is 0 Å². The van der Waals surface area contributed by atoms with E-state index in [2.05, 4.69) is 32.7 Å². The van der Waals surface area contributed by atoms with Crippen LogP contribution in [0.2, 0.25) is 0 Å². The molecular formula is C19H24N4O2. The van der Waals surface area contributed by atoms with Gasteiger partial charge in [-0.3, -0.25) is 9.78 Å². The van der Waals surface area contributed by atoms with Crippen molar-refractivity contribution in [3.05, 3.63) is 54.4 Å². The second kappa shape index (κ2) is 9.03. The van der Waals surface area contributed by atoms with Crippen molar-refractivity contribution in [1.29, 1.82) is 0 Å². The SMILES string of the molecule is O=C(CCNc1ccccc1N1CCOCC1)NCc1ccncc1. The Balaban J connectivity index is 1.46. The molecule has 0 spiro atoms. The summed E-state index contributed by atoms with van der Waals surface area (Å²) in [6.07, 6.45) is 3.89. The Kier molecular flexibility index (Phi) is 6.23. The zero-order chi connectivity index (χ0) is 17.3. The van der Waals surface area contributed by atoms with Crippen molar-refractivity contribution in [2.24, 2.45) is 0 Å². The molecule has 0 saturated carbocycles. The second-order valence-corrected chi connectivity index (χ2v) is 5.93. The van der Waals surface area contributed by atoms with Gasteiger partial charge in [0.15, 0.2) is 0 Å². The van der Waals surface area contributed by atoms with E-state index in [1.165, 1.54) is 5.69 Å². The molecule has 1 amide bonds. The fourth-order valence-corrected chi connectivity index (χ4v) is 2.80. The standard InChI is InChI=1S/C19H24N4O2/c24-19(22-15-16-5-8-20-9-6-16)7-10-21-17-3-1-2-4-18(17)23-11-13-25-14-12-23/h1-6,8-9,21H,7,10-15H2,(H,22,24). The van der Waals surface area contributed by atoms with E-state index in [4.69, 9.17) is 4.74 Å². The molecule has 6 nitrogen and oxygen atoms in total. The molecule has 6 heteroatoms. The van der Waals surface area contributed by atoms with Crippen LogP contribution in [0.1, 0.15) is 12.0 Å². The molecule has 1 fully saturated rings. The lowest BCUT2D eigenvalue weighted by Gasteiger charge is -2.30. The lowest BCUT2D eigenvalue weighted by Crippen LogP contribution is -2.36. The van der Waals surface area contributed by atoms with Gasteiger partial charge in [-0.15, -0.1) is 0 Å². The maximum absolute atomic E-state index is 12.0. The van der Waals surface area contributed by atoms with Gasteiger partial charge in [-0.25, -0.2) is 0 Å². The predicted octanol–water partition coefficient (Wildman–Crippen LogP) is 2.04. The minimum Gasteiger partial charge on any atom is -0.383 e. The minimum absolute atomic E-state index is 0.0353. The highest BCUT2D eigenvalue weighted by Gasteiger charge is 2.14. The molecule has 1 aromatic heterocycles. The number of hydrogen-bond donors (Lipinski definition) is 2. The molecule has 0 atom stereocenters. The van der Waals surface area contributed by atoms with Crippen LogP contribution in [0.5, 0.6) is 0 Å². The minimum atomic E-state index is 0.0353. The zero-order valence-corrected chi connectivity index (χ0v) is 14.3. The van der Waals surface area contributed by atoms with Crippen LogP contribution in [0, 0.1) is 0 Å². The average Bonchev–Trinajstić information content (AvgIpc) is 2.68. The van der Waals surface area contributed by atoms with Gasteiger partial charge in [0.25, 0.3) is 0 Å². The third-order valence-corrected chi connectivity index (χ3v) is 4.16. The first-order valence-corrected chi connectivity index (χ1v) is 8.64. The summed E-state index contributed by atoms with van der Waals surface area (Å²) in [6, 6.07) is 12.0. The summed E-state index contributed by atoms with van der Waals surface area (Å²) in [5, 5.41) is 6.32. The monoisotopic (exact) mass is 340 g/mol. The van der Waals surface area contributed by atoms with Crippen LogP contribution in [0.3, 0.4) is 0 Å². The number of morpholine rings is 1. The molecule has 2 N–H and O–H groups in total. The highest BCUT2D eigenvalue weighted by atomic mass is 16.5. The van der Waals surface area contributed by atoms with E-state index in [1.807, 2.05) is 24.3 Å². The number of amides is 1. The molecule has 0 aliphatic carbocycles. The summed E-state index contributed by atoms with van der Waals surface area (Å²) in [4.78, 5) is 18.3. The number of anilines is 2. The van der Waals surface area contributed by atoms with Crippen molar-refractivity contribution in [2.75, 3.05) is 43.1 Å². The molecule has 0 unspecified atom stereocenters. The number of hydrogen-bond acceptors (Lipinski definition) is 5. The third-order valence-electron chi connectivity index (χ3n) is 4.16. The van der Waals surface area contributed by atoms with E-state index >= 15 is 0 Å². The van der Waals surface area contributed by atoms with Crippen molar-refractivity contribution < 1.29 is 9.53 Å². The molecule has 1 aromatic carbocycles. The Hall–Kier alpha value is -2.60. The van der Waals surface area contributed by atoms with Gasteiger partial charge >= 0.3 is 0 Å². The van der Waals surface area contributed by atoms with E-state index in [9.17, 15) is 4.79 Å². The maximum Gasteiger partial charge on any atom is 0.222 e. The Morgan fingerprint density at radius 3 is 2.68 bits per heavy atom. The molecule has 0 radical (unpaired) electrons. The van der Waals surface area contributed by atoms with Crippen LogP contribution in [0.15, 0.2) is 48.8 Å². The number of nitrogens with one attached hydrogen (secondary N) is 2. The van der Waals surface area contributed by atoms with Gasteiger partial charge in [-0.2, -0.15) is 0 Å². The van der Waals surface area contributed by atoms with E-state index in [1.54, 1.807) is 12.4 Å². The fourth-order valence-electron chi connectivity index (χ4n) is 2.80. The van der Waals surface area contributed by atoms with Crippen molar-refractivity contribution in [2.45, 2.75) is 13.0 Å². The topological polar surface area (TPSA) is 66.5 Å². The number of pyridine rings is 1. The van der Waals surface area contributed by atoms with Crippen LogP contribution < -0.4 is 15.5 Å². The maximum atomic E-state index is 12.0. The molecule has 1 aliphatic heterocycles. The molecular weight excluding hydrogens is 316 g/mol. The smallest absolute Gasteiger partial charge is 0.222 e. The summed E-state index contributed by atoms with van der Waals surface area (Å²) >= 11 is 0. The number of benzene rings is 1. The number of carbonyl (C=O) groups excluding carboxylic acids is 1. The highest BCUT2D eigenvalue weighted by molar-refractivity contribution is 5.77.